The van der Waals surface area contributed by atoms with Crippen LogP contribution in [0, 0.1) is 0 Å². The molecule has 2 aromatic carbocycles. The number of hydrogen-bond acceptors (Lipinski definition) is 2. The lowest BCUT2D eigenvalue weighted by Gasteiger charge is -2.12. The third kappa shape index (κ3) is 3.09. The van der Waals surface area contributed by atoms with Crippen LogP contribution in [0.15, 0.2) is 42.5 Å². The third-order valence-electron chi connectivity index (χ3n) is 3.17. The van der Waals surface area contributed by atoms with E-state index < -0.39 is 12.0 Å². The molecule has 0 aliphatic rings. The maximum Gasteiger partial charge on any atom is 0.449 e. The molecule has 0 amide bonds. The highest BCUT2D eigenvalue weighted by Crippen LogP contribution is 2.36. The fourth-order valence-electron chi connectivity index (χ4n) is 2.14. The first-order chi connectivity index (χ1) is 10.9. The van der Waals surface area contributed by atoms with E-state index in [-0.39, 0.29) is 27.8 Å². The normalized spacial score (nSPS) is 11.9. The van der Waals surface area contributed by atoms with Crippen molar-refractivity contribution in [2.45, 2.75) is 12.9 Å². The maximum absolute atomic E-state index is 13.2. The van der Waals surface area contributed by atoms with E-state index in [1.807, 2.05) is 0 Å². The van der Waals surface area contributed by atoms with Gasteiger partial charge in [0, 0.05) is 0 Å². The largest absolute Gasteiger partial charge is 0.473 e. The molecule has 1 heterocycles. The van der Waals surface area contributed by atoms with Crippen LogP contribution >= 0.6 is 23.2 Å². The van der Waals surface area contributed by atoms with Crippen LogP contribution in [-0.2, 0) is 12.9 Å². The van der Waals surface area contributed by atoms with Gasteiger partial charge in [-0.2, -0.15) is 13.2 Å². The Labute approximate surface area is 139 Å². The smallest absolute Gasteiger partial charge is 0.449 e. The van der Waals surface area contributed by atoms with Crippen LogP contribution in [0.4, 0.5) is 13.2 Å². The minimum atomic E-state index is -4.64. The molecule has 0 saturated carbocycles. The fraction of sp³-hybridized carbons (Fsp3) is 0.133. The van der Waals surface area contributed by atoms with Crippen molar-refractivity contribution < 1.29 is 17.9 Å². The number of nitrogens with zero attached hydrogens (tertiary/aromatic N) is 2. The molecule has 0 fully saturated rings. The van der Waals surface area contributed by atoms with Gasteiger partial charge in [0.05, 0.1) is 15.6 Å². The Balaban J connectivity index is 2.08. The molecule has 3 aromatic rings. The Morgan fingerprint density at radius 2 is 1.74 bits per heavy atom. The van der Waals surface area contributed by atoms with Crippen molar-refractivity contribution in [3.05, 3.63) is 58.3 Å². The second kappa shape index (κ2) is 5.94. The van der Waals surface area contributed by atoms with Crippen molar-refractivity contribution >= 4 is 34.2 Å². The van der Waals surface area contributed by atoms with Gasteiger partial charge in [0.1, 0.15) is 11.3 Å². The lowest BCUT2D eigenvalue weighted by molar-refractivity contribution is -0.148. The van der Waals surface area contributed by atoms with Gasteiger partial charge in [-0.05, 0) is 24.3 Å². The molecular weight excluding hydrogens is 352 g/mol. The summed E-state index contributed by atoms with van der Waals surface area (Å²) in [6.07, 6.45) is -4.64. The molecular formula is C15H9Cl2F3N2O. The standard InChI is InChI=1S/C15H9Cl2F3N2O/c16-10-6-7-11-13(12(10)17)21-14(15(18,19)20)22(11)8-23-9-4-2-1-3-5-9/h1-7H,8H2. The maximum atomic E-state index is 13.2. The first kappa shape index (κ1) is 16.0. The second-order valence-electron chi connectivity index (χ2n) is 4.68. The van der Waals surface area contributed by atoms with Crippen LogP contribution in [0.25, 0.3) is 11.0 Å². The van der Waals surface area contributed by atoms with E-state index >= 15 is 0 Å². The van der Waals surface area contributed by atoms with Crippen LogP contribution in [0.3, 0.4) is 0 Å². The Hall–Kier alpha value is -1.92. The lowest BCUT2D eigenvalue weighted by atomic mass is 10.3. The molecule has 120 valence electrons. The van der Waals surface area contributed by atoms with Crippen molar-refractivity contribution in [3.63, 3.8) is 0 Å². The summed E-state index contributed by atoms with van der Waals surface area (Å²) in [5.41, 5.74) is 0.186. The van der Waals surface area contributed by atoms with Gasteiger partial charge in [-0.3, -0.25) is 4.57 Å². The summed E-state index contributed by atoms with van der Waals surface area (Å²) >= 11 is 11.8. The number of fused-ring (bicyclic) bond motifs is 1. The van der Waals surface area contributed by atoms with Gasteiger partial charge in [0.25, 0.3) is 0 Å². The predicted octanol–water partition coefficient (Wildman–Crippen LogP) is 5.40. The fourth-order valence-corrected chi connectivity index (χ4v) is 2.49. The number of aromatic nitrogens is 2. The number of imidazole rings is 1. The van der Waals surface area contributed by atoms with E-state index in [2.05, 4.69) is 4.98 Å². The molecule has 0 N–H and O–H groups in total. The molecule has 8 heteroatoms. The molecule has 3 nitrogen and oxygen atoms in total. The van der Waals surface area contributed by atoms with Crippen molar-refractivity contribution in [2.75, 3.05) is 0 Å². The number of para-hydroxylation sites is 1. The summed E-state index contributed by atoms with van der Waals surface area (Å²) in [6, 6.07) is 11.4. The van der Waals surface area contributed by atoms with Gasteiger partial charge in [0.2, 0.25) is 5.82 Å². The number of hydrogen-bond donors (Lipinski definition) is 0. The Bertz CT molecular complexity index is 847. The molecule has 0 aliphatic heterocycles. The Kier molecular flexibility index (Phi) is 4.12. The van der Waals surface area contributed by atoms with Crippen molar-refractivity contribution in [1.29, 1.82) is 0 Å². The number of benzene rings is 2. The quantitative estimate of drug-likeness (QED) is 0.625. The number of rotatable bonds is 3. The minimum absolute atomic E-state index is 0.0110. The first-order valence-electron chi connectivity index (χ1n) is 6.47. The highest BCUT2D eigenvalue weighted by atomic mass is 35.5. The Morgan fingerprint density at radius 3 is 2.39 bits per heavy atom. The van der Waals surface area contributed by atoms with Gasteiger partial charge in [-0.25, -0.2) is 4.98 Å². The van der Waals surface area contributed by atoms with Gasteiger partial charge in [-0.1, -0.05) is 41.4 Å². The van der Waals surface area contributed by atoms with Gasteiger partial charge in [0.15, 0.2) is 6.73 Å². The van der Waals surface area contributed by atoms with Crippen LogP contribution in [-0.4, -0.2) is 9.55 Å². The van der Waals surface area contributed by atoms with E-state index in [4.69, 9.17) is 27.9 Å². The van der Waals surface area contributed by atoms with Crippen molar-refractivity contribution in [3.8, 4) is 5.75 Å². The van der Waals surface area contributed by atoms with Gasteiger partial charge >= 0.3 is 6.18 Å². The van der Waals surface area contributed by atoms with Crippen LogP contribution < -0.4 is 4.74 Å². The molecule has 0 spiro atoms. The van der Waals surface area contributed by atoms with E-state index in [0.717, 1.165) is 4.57 Å². The molecule has 0 atom stereocenters. The lowest BCUT2D eigenvalue weighted by Crippen LogP contribution is -2.17. The Morgan fingerprint density at radius 1 is 1.04 bits per heavy atom. The monoisotopic (exact) mass is 360 g/mol. The highest BCUT2D eigenvalue weighted by molar-refractivity contribution is 6.44. The molecule has 0 bridgehead atoms. The van der Waals surface area contributed by atoms with Crippen molar-refractivity contribution in [1.82, 2.24) is 9.55 Å². The number of halogens is 5. The molecule has 0 saturated heterocycles. The number of ether oxygens (including phenoxy) is 1. The molecule has 0 aliphatic carbocycles. The summed E-state index contributed by atoms with van der Waals surface area (Å²) in [6.45, 7) is -0.354. The summed E-state index contributed by atoms with van der Waals surface area (Å²) in [7, 11) is 0. The van der Waals surface area contributed by atoms with Crippen LogP contribution in [0.2, 0.25) is 10.0 Å². The van der Waals surface area contributed by atoms with Gasteiger partial charge in [-0.15, -0.1) is 0 Å². The molecule has 0 radical (unpaired) electrons. The third-order valence-corrected chi connectivity index (χ3v) is 3.96. The van der Waals surface area contributed by atoms with Crippen molar-refractivity contribution in [2.24, 2.45) is 0 Å². The van der Waals surface area contributed by atoms with E-state index in [0.29, 0.717) is 5.75 Å². The average Bonchev–Trinajstić information content (AvgIpc) is 2.89. The van der Waals surface area contributed by atoms with E-state index in [9.17, 15) is 13.2 Å². The summed E-state index contributed by atoms with van der Waals surface area (Å²) in [4.78, 5) is 3.60. The topological polar surface area (TPSA) is 27.1 Å². The summed E-state index contributed by atoms with van der Waals surface area (Å²) < 4.78 is 46.0. The molecule has 0 unspecified atom stereocenters. The molecule has 23 heavy (non-hydrogen) atoms. The zero-order valence-corrected chi connectivity index (χ0v) is 13.0. The zero-order valence-electron chi connectivity index (χ0n) is 11.4. The van der Waals surface area contributed by atoms with Crippen LogP contribution in [0.5, 0.6) is 5.75 Å². The van der Waals surface area contributed by atoms with Gasteiger partial charge < -0.3 is 4.74 Å². The summed E-state index contributed by atoms with van der Waals surface area (Å²) in [5.74, 6) is -0.643. The first-order valence-corrected chi connectivity index (χ1v) is 7.23. The average molecular weight is 361 g/mol. The van der Waals surface area contributed by atoms with Crippen LogP contribution in [0.1, 0.15) is 5.82 Å². The number of alkyl halides is 3. The predicted molar refractivity (Wildman–Crippen MR) is 81.8 cm³/mol. The molecule has 1 aromatic heterocycles. The van der Waals surface area contributed by atoms with E-state index in [1.54, 1.807) is 30.3 Å². The minimum Gasteiger partial charge on any atom is -0.473 e. The SMILES string of the molecule is FC(F)(F)c1nc2c(Cl)c(Cl)ccc2n1COc1ccccc1. The second-order valence-corrected chi connectivity index (χ2v) is 5.46. The highest BCUT2D eigenvalue weighted by Gasteiger charge is 2.38. The molecule has 3 rings (SSSR count). The summed E-state index contributed by atoms with van der Waals surface area (Å²) in [5, 5.41) is 0.120. The zero-order chi connectivity index (χ0) is 16.6. The van der Waals surface area contributed by atoms with E-state index in [1.165, 1.54) is 12.1 Å².